The molecule has 0 spiro atoms. The van der Waals surface area contributed by atoms with Crippen LogP contribution in [0.3, 0.4) is 0 Å². The van der Waals surface area contributed by atoms with Crippen LogP contribution in [0.4, 0.5) is 0 Å². The van der Waals surface area contributed by atoms with Gasteiger partial charge in [0, 0.05) is 38.1 Å². The van der Waals surface area contributed by atoms with Crippen molar-refractivity contribution < 1.29 is 4.79 Å². The van der Waals surface area contributed by atoms with Crippen LogP contribution in [0.1, 0.15) is 34.6 Å². The normalized spacial score (nSPS) is 18.1. The Morgan fingerprint density at radius 3 is 2.06 bits per heavy atom. The van der Waals surface area contributed by atoms with E-state index in [-0.39, 0.29) is 11.3 Å². The van der Waals surface area contributed by atoms with Crippen molar-refractivity contribution in [3.63, 3.8) is 0 Å². The van der Waals surface area contributed by atoms with Crippen molar-refractivity contribution in [1.82, 2.24) is 9.80 Å². The minimum Gasteiger partial charge on any atom is -0.340 e. The van der Waals surface area contributed by atoms with Gasteiger partial charge in [-0.2, -0.15) is 0 Å². The van der Waals surface area contributed by atoms with Crippen molar-refractivity contribution in [2.75, 3.05) is 32.7 Å². The monoisotopic (exact) mass is 238 g/mol. The van der Waals surface area contributed by atoms with Gasteiger partial charge in [0.05, 0.1) is 0 Å². The Morgan fingerprint density at radius 1 is 1.12 bits per heavy atom. The Labute approximate surface area is 105 Å². The lowest BCUT2D eigenvalue weighted by atomic mass is 9.94. The second-order valence-corrected chi connectivity index (χ2v) is 6.12. The summed E-state index contributed by atoms with van der Waals surface area (Å²) < 4.78 is 0. The molecule has 17 heavy (non-hydrogen) atoms. The van der Waals surface area contributed by atoms with Gasteiger partial charge in [-0.1, -0.05) is 32.4 Å². The lowest BCUT2D eigenvalue weighted by molar-refractivity contribution is -0.141. The number of carbonyl (C=O) groups excluding carboxylic acids is 1. The van der Waals surface area contributed by atoms with Crippen molar-refractivity contribution >= 4 is 5.91 Å². The number of amides is 1. The minimum absolute atomic E-state index is 0.248. The molecule has 1 aliphatic rings. The zero-order valence-corrected chi connectivity index (χ0v) is 11.9. The van der Waals surface area contributed by atoms with Gasteiger partial charge in [-0.3, -0.25) is 9.69 Å². The maximum atomic E-state index is 12.1. The summed E-state index contributed by atoms with van der Waals surface area (Å²) in [5.41, 5.74) is 1.11. The number of hydrogen-bond acceptors (Lipinski definition) is 2. The fourth-order valence-corrected chi connectivity index (χ4v) is 1.92. The molecule has 0 atom stereocenters. The largest absolute Gasteiger partial charge is 0.340 e. The van der Waals surface area contributed by atoms with E-state index in [1.165, 1.54) is 5.57 Å². The molecule has 0 aromatic heterocycles. The van der Waals surface area contributed by atoms with Crippen molar-refractivity contribution in [3.05, 3.63) is 11.6 Å². The van der Waals surface area contributed by atoms with Crippen LogP contribution in [-0.2, 0) is 4.79 Å². The molecule has 1 saturated heterocycles. The summed E-state index contributed by atoms with van der Waals surface area (Å²) in [4.78, 5) is 16.5. The van der Waals surface area contributed by atoms with E-state index in [9.17, 15) is 4.79 Å². The van der Waals surface area contributed by atoms with Gasteiger partial charge in [-0.15, -0.1) is 0 Å². The lowest BCUT2D eigenvalue weighted by Gasteiger charge is -2.37. The lowest BCUT2D eigenvalue weighted by Crippen LogP contribution is -2.51. The molecular formula is C14H26N2O. The molecule has 0 N–H and O–H groups in total. The third-order valence-corrected chi connectivity index (χ3v) is 3.06. The molecule has 1 fully saturated rings. The van der Waals surface area contributed by atoms with Crippen LogP contribution in [0.2, 0.25) is 0 Å². The molecule has 0 unspecified atom stereocenters. The smallest absolute Gasteiger partial charge is 0.228 e. The first-order valence-corrected chi connectivity index (χ1v) is 6.46. The molecule has 0 aromatic rings. The second kappa shape index (κ2) is 5.67. The molecule has 1 rings (SSSR count). The summed E-state index contributed by atoms with van der Waals surface area (Å²) >= 11 is 0. The molecular weight excluding hydrogens is 212 g/mol. The molecule has 3 nitrogen and oxygen atoms in total. The predicted molar refractivity (Wildman–Crippen MR) is 71.9 cm³/mol. The summed E-state index contributed by atoms with van der Waals surface area (Å²) in [6.07, 6.45) is 2.25. The molecule has 0 radical (unpaired) electrons. The van der Waals surface area contributed by atoms with E-state index < -0.39 is 0 Å². The second-order valence-electron chi connectivity index (χ2n) is 6.12. The van der Waals surface area contributed by atoms with Gasteiger partial charge >= 0.3 is 0 Å². The van der Waals surface area contributed by atoms with Crippen molar-refractivity contribution in [1.29, 1.82) is 0 Å². The molecule has 1 aliphatic heterocycles. The van der Waals surface area contributed by atoms with Gasteiger partial charge in [0.2, 0.25) is 5.91 Å². The first-order chi connectivity index (χ1) is 7.80. The van der Waals surface area contributed by atoms with Crippen LogP contribution in [0.15, 0.2) is 11.6 Å². The van der Waals surface area contributed by atoms with Crippen LogP contribution < -0.4 is 0 Å². The summed E-state index contributed by atoms with van der Waals surface area (Å²) in [6.45, 7) is 15.0. The molecule has 0 saturated carbocycles. The Bertz CT molecular complexity index is 290. The fourth-order valence-electron chi connectivity index (χ4n) is 1.92. The molecule has 98 valence electrons. The van der Waals surface area contributed by atoms with E-state index in [0.717, 1.165) is 32.7 Å². The highest BCUT2D eigenvalue weighted by molar-refractivity contribution is 5.81. The third-order valence-electron chi connectivity index (χ3n) is 3.06. The minimum atomic E-state index is -0.248. The van der Waals surface area contributed by atoms with Gasteiger partial charge < -0.3 is 4.90 Å². The summed E-state index contributed by atoms with van der Waals surface area (Å²) in [5.74, 6) is 0.277. The molecule has 0 bridgehead atoms. The predicted octanol–water partition coefficient (Wildman–Crippen LogP) is 2.14. The van der Waals surface area contributed by atoms with Gasteiger partial charge in [-0.25, -0.2) is 0 Å². The number of allylic oxidation sites excluding steroid dienone is 1. The zero-order chi connectivity index (χ0) is 13.1. The van der Waals surface area contributed by atoms with E-state index in [1.54, 1.807) is 0 Å². The van der Waals surface area contributed by atoms with Crippen LogP contribution in [-0.4, -0.2) is 48.4 Å². The average Bonchev–Trinajstić information content (AvgIpc) is 2.25. The number of hydrogen-bond donors (Lipinski definition) is 0. The van der Waals surface area contributed by atoms with Gasteiger partial charge in [0.1, 0.15) is 0 Å². The van der Waals surface area contributed by atoms with Crippen molar-refractivity contribution in [2.24, 2.45) is 5.41 Å². The third kappa shape index (κ3) is 4.50. The molecule has 1 heterocycles. The van der Waals surface area contributed by atoms with E-state index in [4.69, 9.17) is 0 Å². The van der Waals surface area contributed by atoms with Gasteiger partial charge in [-0.05, 0) is 13.8 Å². The highest BCUT2D eigenvalue weighted by Gasteiger charge is 2.29. The fraction of sp³-hybridized carbons (Fsp3) is 0.786. The van der Waals surface area contributed by atoms with Crippen LogP contribution in [0.5, 0.6) is 0 Å². The van der Waals surface area contributed by atoms with E-state index in [1.807, 2.05) is 25.7 Å². The zero-order valence-electron chi connectivity index (χ0n) is 11.9. The number of nitrogens with zero attached hydrogens (tertiary/aromatic N) is 2. The van der Waals surface area contributed by atoms with E-state index in [2.05, 4.69) is 24.8 Å². The van der Waals surface area contributed by atoms with E-state index >= 15 is 0 Å². The summed E-state index contributed by atoms with van der Waals surface area (Å²) in [6, 6.07) is 0. The Balaban J connectivity index is 2.41. The van der Waals surface area contributed by atoms with Crippen LogP contribution >= 0.6 is 0 Å². The van der Waals surface area contributed by atoms with Crippen LogP contribution in [0.25, 0.3) is 0 Å². The topological polar surface area (TPSA) is 23.6 Å². The maximum absolute atomic E-state index is 12.1. The van der Waals surface area contributed by atoms with Crippen molar-refractivity contribution in [3.8, 4) is 0 Å². The molecule has 3 heteroatoms. The molecule has 1 amide bonds. The first kappa shape index (κ1) is 14.2. The number of carbonyl (C=O) groups is 1. The summed E-state index contributed by atoms with van der Waals surface area (Å²) in [7, 11) is 0. The molecule has 0 aromatic carbocycles. The Kier molecular flexibility index (Phi) is 4.75. The van der Waals surface area contributed by atoms with Crippen molar-refractivity contribution in [2.45, 2.75) is 34.6 Å². The van der Waals surface area contributed by atoms with Gasteiger partial charge in [0.15, 0.2) is 0 Å². The Morgan fingerprint density at radius 2 is 1.65 bits per heavy atom. The molecule has 0 aliphatic carbocycles. The average molecular weight is 238 g/mol. The standard InChI is InChI=1S/C14H26N2O/c1-12(2)6-7-15-8-10-16(11-9-15)13(17)14(3,4)5/h6H,7-11H2,1-5H3. The quantitative estimate of drug-likeness (QED) is 0.688. The van der Waals surface area contributed by atoms with Crippen LogP contribution in [0, 0.1) is 5.41 Å². The summed E-state index contributed by atoms with van der Waals surface area (Å²) in [5, 5.41) is 0. The highest BCUT2D eigenvalue weighted by atomic mass is 16.2. The number of piperazine rings is 1. The number of rotatable bonds is 2. The Hall–Kier alpha value is -0.830. The SMILES string of the molecule is CC(C)=CCN1CCN(C(=O)C(C)(C)C)CC1. The maximum Gasteiger partial charge on any atom is 0.228 e. The van der Waals surface area contributed by atoms with Gasteiger partial charge in [0.25, 0.3) is 0 Å². The highest BCUT2D eigenvalue weighted by Crippen LogP contribution is 2.18. The van der Waals surface area contributed by atoms with E-state index in [0.29, 0.717) is 0 Å². The first-order valence-electron chi connectivity index (χ1n) is 6.46.